The predicted octanol–water partition coefficient (Wildman–Crippen LogP) is 1.54. The highest BCUT2D eigenvalue weighted by molar-refractivity contribution is 7.98. The van der Waals surface area contributed by atoms with Crippen LogP contribution >= 0.6 is 11.8 Å². The summed E-state index contributed by atoms with van der Waals surface area (Å²) < 4.78 is 10.9. The Morgan fingerprint density at radius 3 is 2.35 bits per heavy atom. The van der Waals surface area contributed by atoms with Crippen molar-refractivity contribution in [3.05, 3.63) is 23.8 Å². The molecule has 1 aliphatic heterocycles. The van der Waals surface area contributed by atoms with Crippen molar-refractivity contribution < 1.29 is 9.47 Å². The fourth-order valence-electron chi connectivity index (χ4n) is 2.62. The maximum atomic E-state index is 7.85. The Balaban J connectivity index is 2.36. The van der Waals surface area contributed by atoms with E-state index in [2.05, 4.69) is 4.90 Å². The summed E-state index contributed by atoms with van der Waals surface area (Å²) in [5.41, 5.74) is 7.55. The van der Waals surface area contributed by atoms with Gasteiger partial charge in [-0.2, -0.15) is 0 Å². The van der Waals surface area contributed by atoms with E-state index in [0.29, 0.717) is 0 Å². The Morgan fingerprint density at radius 1 is 1.30 bits per heavy atom. The molecule has 3 N–H and O–H groups in total. The van der Waals surface area contributed by atoms with Crippen molar-refractivity contribution in [2.45, 2.75) is 17.1 Å². The zero-order valence-electron chi connectivity index (χ0n) is 12.1. The number of nitrogens with two attached hydrogens (primary N) is 1. The summed E-state index contributed by atoms with van der Waals surface area (Å²) in [5, 5.41) is 7.85. The average molecular weight is 295 g/mol. The lowest BCUT2D eigenvalue weighted by atomic mass is 10.1. The van der Waals surface area contributed by atoms with Gasteiger partial charge in [-0.15, -0.1) is 11.8 Å². The van der Waals surface area contributed by atoms with Crippen molar-refractivity contribution in [1.82, 2.24) is 0 Å². The van der Waals surface area contributed by atoms with Gasteiger partial charge < -0.3 is 20.1 Å². The summed E-state index contributed by atoms with van der Waals surface area (Å²) in [5.74, 6) is 0.0970. The molecule has 0 aliphatic carbocycles. The minimum absolute atomic E-state index is 0.0396. The van der Waals surface area contributed by atoms with Crippen molar-refractivity contribution in [2.24, 2.45) is 5.73 Å². The third kappa shape index (κ3) is 2.77. The second-order valence-electron chi connectivity index (χ2n) is 4.72. The normalized spacial score (nSPS) is 22.2. The monoisotopic (exact) mass is 295 g/mol. The van der Waals surface area contributed by atoms with E-state index in [9.17, 15) is 0 Å². The molecule has 1 saturated heterocycles. The van der Waals surface area contributed by atoms with E-state index in [4.69, 9.17) is 20.6 Å². The number of hydrogen-bond donors (Lipinski definition) is 2. The van der Waals surface area contributed by atoms with Crippen molar-refractivity contribution in [2.75, 3.05) is 38.5 Å². The van der Waals surface area contributed by atoms with E-state index in [-0.39, 0.29) is 18.0 Å². The fourth-order valence-corrected chi connectivity index (χ4v) is 3.25. The van der Waals surface area contributed by atoms with Crippen LogP contribution in [0.5, 0.6) is 0 Å². The molecule has 0 amide bonds. The molecule has 1 heterocycles. The smallest absolute Gasteiger partial charge is 0.126 e. The lowest BCUT2D eigenvalue weighted by Crippen LogP contribution is -2.27. The molecule has 0 aromatic heterocycles. The van der Waals surface area contributed by atoms with Crippen molar-refractivity contribution >= 4 is 23.3 Å². The van der Waals surface area contributed by atoms with E-state index < -0.39 is 0 Å². The highest BCUT2D eigenvalue weighted by Gasteiger charge is 2.34. The third-order valence-electron chi connectivity index (χ3n) is 3.66. The van der Waals surface area contributed by atoms with Gasteiger partial charge in [-0.1, -0.05) is 6.07 Å². The van der Waals surface area contributed by atoms with Gasteiger partial charge in [0.25, 0.3) is 0 Å². The summed E-state index contributed by atoms with van der Waals surface area (Å²) in [6.45, 7) is 1.49. The molecule has 2 unspecified atom stereocenters. The predicted molar refractivity (Wildman–Crippen MR) is 83.0 cm³/mol. The molecule has 5 nitrogen and oxygen atoms in total. The minimum Gasteiger partial charge on any atom is -0.384 e. The summed E-state index contributed by atoms with van der Waals surface area (Å²) in [4.78, 5) is 3.20. The molecule has 1 fully saturated rings. The van der Waals surface area contributed by atoms with Crippen LogP contribution < -0.4 is 10.6 Å². The largest absolute Gasteiger partial charge is 0.384 e. The van der Waals surface area contributed by atoms with Crippen LogP contribution in [-0.4, -0.2) is 51.6 Å². The molecule has 110 valence electrons. The van der Waals surface area contributed by atoms with E-state index in [1.54, 1.807) is 26.0 Å². The van der Waals surface area contributed by atoms with Gasteiger partial charge in [0.05, 0.1) is 5.56 Å². The van der Waals surface area contributed by atoms with Gasteiger partial charge in [-0.25, -0.2) is 0 Å². The highest BCUT2D eigenvalue weighted by Crippen LogP contribution is 2.32. The Labute approximate surface area is 123 Å². The van der Waals surface area contributed by atoms with Crippen molar-refractivity contribution in [3.8, 4) is 0 Å². The Hall–Kier alpha value is -1.24. The standard InChI is InChI=1S/C14H21N3O2S/c1-18-10-7-17(8-11(10)19-2)9-5-4-6-12(20-3)13(9)14(15)16/h4-6,10-11H,7-8H2,1-3H3,(H3,15,16). The molecule has 2 rings (SSSR count). The number of amidine groups is 1. The van der Waals surface area contributed by atoms with Gasteiger partial charge >= 0.3 is 0 Å². The maximum absolute atomic E-state index is 7.85. The van der Waals surface area contributed by atoms with E-state index in [0.717, 1.165) is 29.2 Å². The number of nitrogen functional groups attached to an aromatic ring is 1. The number of nitrogens with one attached hydrogen (secondary N) is 1. The lowest BCUT2D eigenvalue weighted by molar-refractivity contribution is -0.00461. The van der Waals surface area contributed by atoms with Gasteiger partial charge in [-0.05, 0) is 18.4 Å². The Morgan fingerprint density at radius 2 is 1.90 bits per heavy atom. The average Bonchev–Trinajstić information content (AvgIpc) is 2.89. The van der Waals surface area contributed by atoms with Gasteiger partial charge in [0.1, 0.15) is 18.0 Å². The SMILES string of the molecule is COC1CN(c2cccc(SC)c2C(=N)N)CC1OC. The van der Waals surface area contributed by atoms with Crippen molar-refractivity contribution in [1.29, 1.82) is 5.41 Å². The van der Waals surface area contributed by atoms with Gasteiger partial charge in [0.15, 0.2) is 0 Å². The van der Waals surface area contributed by atoms with E-state index in [1.807, 2.05) is 24.5 Å². The maximum Gasteiger partial charge on any atom is 0.126 e. The van der Waals surface area contributed by atoms with Crippen LogP contribution in [0.4, 0.5) is 5.69 Å². The number of ether oxygens (including phenoxy) is 2. The van der Waals surface area contributed by atoms with Crippen LogP contribution in [0.25, 0.3) is 0 Å². The lowest BCUT2D eigenvalue weighted by Gasteiger charge is -2.22. The molecule has 1 aromatic rings. The first-order valence-corrected chi connectivity index (χ1v) is 7.66. The second-order valence-corrected chi connectivity index (χ2v) is 5.57. The molecular weight excluding hydrogens is 274 g/mol. The van der Waals surface area contributed by atoms with Crippen molar-refractivity contribution in [3.63, 3.8) is 0 Å². The molecule has 0 spiro atoms. The Bertz CT molecular complexity index is 483. The minimum atomic E-state index is 0.0396. The number of nitrogens with zero attached hydrogens (tertiary/aromatic N) is 1. The highest BCUT2D eigenvalue weighted by atomic mass is 32.2. The first-order chi connectivity index (χ1) is 9.62. The summed E-state index contributed by atoms with van der Waals surface area (Å²) in [6, 6.07) is 5.99. The third-order valence-corrected chi connectivity index (χ3v) is 4.44. The number of hydrogen-bond acceptors (Lipinski definition) is 5. The zero-order chi connectivity index (χ0) is 14.7. The van der Waals surface area contributed by atoms with E-state index >= 15 is 0 Å². The van der Waals surface area contributed by atoms with E-state index in [1.165, 1.54) is 0 Å². The molecular formula is C14H21N3O2S. The first-order valence-electron chi connectivity index (χ1n) is 6.44. The van der Waals surface area contributed by atoms with Crippen LogP contribution in [0.1, 0.15) is 5.56 Å². The molecule has 2 atom stereocenters. The quantitative estimate of drug-likeness (QED) is 0.490. The van der Waals surface area contributed by atoms with Gasteiger partial charge in [0, 0.05) is 37.9 Å². The van der Waals surface area contributed by atoms with Crippen LogP contribution in [-0.2, 0) is 9.47 Å². The zero-order valence-corrected chi connectivity index (χ0v) is 12.9. The number of methoxy groups -OCH3 is 2. The summed E-state index contributed by atoms with van der Waals surface area (Å²) >= 11 is 1.60. The first kappa shape index (κ1) is 15.2. The topological polar surface area (TPSA) is 71.6 Å². The number of anilines is 1. The summed E-state index contributed by atoms with van der Waals surface area (Å²) in [7, 11) is 3.40. The fraction of sp³-hybridized carbons (Fsp3) is 0.500. The molecule has 0 saturated carbocycles. The summed E-state index contributed by atoms with van der Waals surface area (Å²) in [6.07, 6.45) is 2.07. The van der Waals surface area contributed by atoms with Crippen LogP contribution in [0, 0.1) is 5.41 Å². The number of thioether (sulfide) groups is 1. The second kappa shape index (κ2) is 6.47. The molecule has 1 aliphatic rings. The van der Waals surface area contributed by atoms with Crippen LogP contribution in [0.15, 0.2) is 23.1 Å². The number of rotatable bonds is 5. The number of benzene rings is 1. The van der Waals surface area contributed by atoms with Crippen LogP contribution in [0.2, 0.25) is 0 Å². The van der Waals surface area contributed by atoms with Gasteiger partial charge in [0.2, 0.25) is 0 Å². The van der Waals surface area contributed by atoms with Crippen LogP contribution in [0.3, 0.4) is 0 Å². The molecule has 6 heteroatoms. The molecule has 20 heavy (non-hydrogen) atoms. The molecule has 0 bridgehead atoms. The van der Waals surface area contributed by atoms with Gasteiger partial charge in [-0.3, -0.25) is 5.41 Å². The molecule has 1 aromatic carbocycles. The Kier molecular flexibility index (Phi) is 4.91. The molecule has 0 radical (unpaired) electrons.